The predicted molar refractivity (Wildman–Crippen MR) is 66.8 cm³/mol. The Morgan fingerprint density at radius 1 is 1.50 bits per heavy atom. The molecule has 0 bridgehead atoms. The molecule has 1 atom stereocenters. The van der Waals surface area contributed by atoms with Gasteiger partial charge in [0.05, 0.1) is 6.61 Å². The molecule has 0 spiro atoms. The molecule has 1 aromatic rings. The Balaban J connectivity index is 2.11. The summed E-state index contributed by atoms with van der Waals surface area (Å²) in [5, 5.41) is 0. The average molecular weight is 252 g/mol. The highest BCUT2D eigenvalue weighted by Gasteiger charge is 2.30. The first-order valence-corrected chi connectivity index (χ1v) is 6.11. The molecule has 1 unspecified atom stereocenters. The van der Waals surface area contributed by atoms with Crippen LogP contribution in [-0.4, -0.2) is 31.7 Å². The zero-order chi connectivity index (χ0) is 13.0. The molecule has 1 aromatic carbocycles. The quantitative estimate of drug-likeness (QED) is 0.878. The standard InChI is InChI=1S/C13H17FN2O2/c14-10-3-1-4-11(9-10)16-7-8-18-12(13(16)17)5-2-6-15/h1,3-4,9,12H,2,5-8,15H2. The van der Waals surface area contributed by atoms with Gasteiger partial charge >= 0.3 is 0 Å². The van der Waals surface area contributed by atoms with Crippen molar-refractivity contribution in [1.29, 1.82) is 0 Å². The largest absolute Gasteiger partial charge is 0.367 e. The minimum Gasteiger partial charge on any atom is -0.367 e. The van der Waals surface area contributed by atoms with Gasteiger partial charge < -0.3 is 15.4 Å². The Hall–Kier alpha value is -1.46. The number of anilines is 1. The molecule has 1 saturated heterocycles. The number of nitrogens with zero attached hydrogens (tertiary/aromatic N) is 1. The summed E-state index contributed by atoms with van der Waals surface area (Å²) < 4.78 is 18.6. The summed E-state index contributed by atoms with van der Waals surface area (Å²) in [5.74, 6) is -0.453. The van der Waals surface area contributed by atoms with Gasteiger partial charge in [-0.05, 0) is 37.6 Å². The lowest BCUT2D eigenvalue weighted by atomic mass is 10.1. The van der Waals surface area contributed by atoms with Crippen molar-refractivity contribution in [3.05, 3.63) is 30.1 Å². The van der Waals surface area contributed by atoms with Crippen LogP contribution in [0, 0.1) is 5.82 Å². The van der Waals surface area contributed by atoms with Crippen molar-refractivity contribution in [2.24, 2.45) is 5.73 Å². The molecular formula is C13H17FN2O2. The lowest BCUT2D eigenvalue weighted by molar-refractivity contribution is -0.134. The van der Waals surface area contributed by atoms with Crippen LogP contribution >= 0.6 is 0 Å². The molecule has 2 rings (SSSR count). The molecule has 2 N–H and O–H groups in total. The van der Waals surface area contributed by atoms with Crippen LogP contribution in [-0.2, 0) is 9.53 Å². The second kappa shape index (κ2) is 5.93. The molecule has 1 heterocycles. The fourth-order valence-corrected chi connectivity index (χ4v) is 2.05. The fourth-order valence-electron chi connectivity index (χ4n) is 2.05. The molecule has 4 nitrogen and oxygen atoms in total. The predicted octanol–water partition coefficient (Wildman–Crippen LogP) is 1.30. The SMILES string of the molecule is NCCCC1OCCN(c2cccc(F)c2)C1=O. The van der Waals surface area contributed by atoms with Gasteiger partial charge in [0, 0.05) is 12.2 Å². The number of amides is 1. The molecule has 1 aliphatic heterocycles. The number of hydrogen-bond donors (Lipinski definition) is 1. The fraction of sp³-hybridized carbons (Fsp3) is 0.462. The number of halogens is 1. The Kier molecular flexibility index (Phi) is 4.28. The third-order valence-electron chi connectivity index (χ3n) is 2.97. The van der Waals surface area contributed by atoms with Crippen LogP contribution in [0.25, 0.3) is 0 Å². The summed E-state index contributed by atoms with van der Waals surface area (Å²) in [6.07, 6.45) is 0.903. The number of benzene rings is 1. The minimum atomic E-state index is -0.453. The molecule has 5 heteroatoms. The minimum absolute atomic E-state index is 0.111. The third-order valence-corrected chi connectivity index (χ3v) is 2.97. The summed E-state index contributed by atoms with van der Waals surface area (Å²) >= 11 is 0. The van der Waals surface area contributed by atoms with Crippen molar-refractivity contribution < 1.29 is 13.9 Å². The van der Waals surface area contributed by atoms with Gasteiger partial charge in [-0.15, -0.1) is 0 Å². The van der Waals surface area contributed by atoms with E-state index in [1.54, 1.807) is 17.0 Å². The van der Waals surface area contributed by atoms with Gasteiger partial charge in [0.15, 0.2) is 0 Å². The first-order chi connectivity index (χ1) is 8.72. The highest BCUT2D eigenvalue weighted by molar-refractivity contribution is 5.97. The summed E-state index contributed by atoms with van der Waals surface area (Å²) in [5.41, 5.74) is 6.01. The van der Waals surface area contributed by atoms with E-state index in [9.17, 15) is 9.18 Å². The molecule has 0 aliphatic carbocycles. The van der Waals surface area contributed by atoms with Crippen LogP contribution in [0.5, 0.6) is 0 Å². The number of ether oxygens (including phenoxy) is 1. The van der Waals surface area contributed by atoms with Gasteiger partial charge in [0.1, 0.15) is 11.9 Å². The summed E-state index contributed by atoms with van der Waals surface area (Å²) in [6, 6.07) is 6.05. The maximum Gasteiger partial charge on any atom is 0.256 e. The van der Waals surface area contributed by atoms with Crippen molar-refractivity contribution >= 4 is 11.6 Å². The van der Waals surface area contributed by atoms with E-state index in [1.165, 1.54) is 12.1 Å². The summed E-state index contributed by atoms with van der Waals surface area (Å²) in [4.78, 5) is 13.8. The second-order valence-corrected chi connectivity index (χ2v) is 4.26. The third kappa shape index (κ3) is 2.86. The zero-order valence-electron chi connectivity index (χ0n) is 10.1. The first kappa shape index (κ1) is 13.0. The Labute approximate surface area is 106 Å². The summed E-state index contributed by atoms with van der Waals surface area (Å²) in [7, 11) is 0. The second-order valence-electron chi connectivity index (χ2n) is 4.26. The van der Waals surface area contributed by atoms with Gasteiger partial charge in [-0.3, -0.25) is 4.79 Å². The van der Waals surface area contributed by atoms with E-state index >= 15 is 0 Å². The number of rotatable bonds is 4. The maximum atomic E-state index is 13.2. The van der Waals surface area contributed by atoms with Gasteiger partial charge in [-0.2, -0.15) is 0 Å². The lowest BCUT2D eigenvalue weighted by Crippen LogP contribution is -2.48. The highest BCUT2D eigenvalue weighted by Crippen LogP contribution is 2.21. The van der Waals surface area contributed by atoms with Gasteiger partial charge in [0.25, 0.3) is 5.91 Å². The van der Waals surface area contributed by atoms with E-state index < -0.39 is 6.10 Å². The smallest absolute Gasteiger partial charge is 0.256 e. The number of carbonyl (C=O) groups excluding carboxylic acids is 1. The summed E-state index contributed by atoms with van der Waals surface area (Å²) in [6.45, 7) is 1.46. The highest BCUT2D eigenvalue weighted by atomic mass is 19.1. The average Bonchev–Trinajstić information content (AvgIpc) is 2.37. The van der Waals surface area contributed by atoms with Crippen molar-refractivity contribution in [2.45, 2.75) is 18.9 Å². The first-order valence-electron chi connectivity index (χ1n) is 6.11. The number of nitrogens with two attached hydrogens (primary N) is 1. The monoisotopic (exact) mass is 252 g/mol. The maximum absolute atomic E-state index is 13.2. The molecule has 1 aliphatic rings. The Bertz CT molecular complexity index is 425. The number of hydrogen-bond acceptors (Lipinski definition) is 3. The van der Waals surface area contributed by atoms with Crippen LogP contribution in [0.15, 0.2) is 24.3 Å². The van der Waals surface area contributed by atoms with E-state index in [2.05, 4.69) is 0 Å². The topological polar surface area (TPSA) is 55.6 Å². The molecular weight excluding hydrogens is 235 g/mol. The van der Waals surface area contributed by atoms with Crippen LogP contribution in [0.3, 0.4) is 0 Å². The molecule has 0 radical (unpaired) electrons. The van der Waals surface area contributed by atoms with Crippen molar-refractivity contribution in [1.82, 2.24) is 0 Å². The van der Waals surface area contributed by atoms with Crippen LogP contribution in [0.2, 0.25) is 0 Å². The van der Waals surface area contributed by atoms with E-state index in [-0.39, 0.29) is 11.7 Å². The van der Waals surface area contributed by atoms with Gasteiger partial charge in [-0.1, -0.05) is 6.07 Å². The number of carbonyl (C=O) groups is 1. The van der Waals surface area contributed by atoms with E-state index in [0.717, 1.165) is 6.42 Å². The van der Waals surface area contributed by atoms with Crippen molar-refractivity contribution in [3.63, 3.8) is 0 Å². The number of morpholine rings is 1. The van der Waals surface area contributed by atoms with Crippen molar-refractivity contribution in [2.75, 3.05) is 24.6 Å². The molecule has 18 heavy (non-hydrogen) atoms. The Morgan fingerprint density at radius 2 is 2.33 bits per heavy atom. The van der Waals surface area contributed by atoms with E-state index in [4.69, 9.17) is 10.5 Å². The van der Waals surface area contributed by atoms with Crippen LogP contribution in [0.1, 0.15) is 12.8 Å². The van der Waals surface area contributed by atoms with E-state index in [1.807, 2.05) is 0 Å². The van der Waals surface area contributed by atoms with Crippen molar-refractivity contribution in [3.8, 4) is 0 Å². The lowest BCUT2D eigenvalue weighted by Gasteiger charge is -2.32. The molecule has 1 fully saturated rings. The molecule has 0 aromatic heterocycles. The normalized spacial score (nSPS) is 20.2. The molecule has 1 amide bonds. The van der Waals surface area contributed by atoms with E-state index in [0.29, 0.717) is 31.8 Å². The molecule has 0 saturated carbocycles. The van der Waals surface area contributed by atoms with Crippen LogP contribution in [0.4, 0.5) is 10.1 Å². The van der Waals surface area contributed by atoms with Gasteiger partial charge in [0.2, 0.25) is 0 Å². The zero-order valence-corrected chi connectivity index (χ0v) is 10.1. The Morgan fingerprint density at radius 3 is 3.06 bits per heavy atom. The van der Waals surface area contributed by atoms with Gasteiger partial charge in [-0.25, -0.2) is 4.39 Å². The molecule has 98 valence electrons. The van der Waals surface area contributed by atoms with Crippen LogP contribution < -0.4 is 10.6 Å².